The number of rotatable bonds is 2. The van der Waals surface area contributed by atoms with Gasteiger partial charge in [-0.15, -0.1) is 0 Å². The number of aromatic nitrogens is 1. The van der Waals surface area contributed by atoms with Crippen LogP contribution in [0.5, 0.6) is 0 Å². The molecule has 0 spiro atoms. The minimum atomic E-state index is -4.39. The van der Waals surface area contributed by atoms with E-state index in [1.54, 1.807) is 6.07 Å². The maximum Gasteiger partial charge on any atom is 0.433 e. The first-order chi connectivity index (χ1) is 8.50. The number of hydrogen-bond acceptors (Lipinski definition) is 3. The smallest absolute Gasteiger partial charge is 0.371 e. The summed E-state index contributed by atoms with van der Waals surface area (Å²) in [5.74, 6) is 0.362. The van der Waals surface area contributed by atoms with Crippen LogP contribution in [-0.2, 0) is 6.18 Å². The quantitative estimate of drug-likeness (QED) is 0.886. The van der Waals surface area contributed by atoms with Gasteiger partial charge in [-0.25, -0.2) is 0 Å². The van der Waals surface area contributed by atoms with E-state index in [4.69, 9.17) is 5.73 Å². The molecule has 3 nitrogen and oxygen atoms in total. The number of nitrogens with two attached hydrogens (primary N) is 1. The maximum atomic E-state index is 12.6. The predicted molar refractivity (Wildman–Crippen MR) is 63.2 cm³/mol. The van der Waals surface area contributed by atoms with Gasteiger partial charge in [-0.1, -0.05) is 0 Å². The van der Waals surface area contributed by atoms with E-state index < -0.39 is 11.9 Å². The van der Waals surface area contributed by atoms with E-state index in [2.05, 4.69) is 4.98 Å². The fourth-order valence-corrected chi connectivity index (χ4v) is 2.26. The molecule has 2 heterocycles. The first kappa shape index (κ1) is 13.1. The van der Waals surface area contributed by atoms with Crippen LogP contribution in [0.4, 0.5) is 18.9 Å². The number of nitrogens with zero attached hydrogens (tertiary/aromatic N) is 2. The highest BCUT2D eigenvalue weighted by atomic mass is 19.4. The van der Waals surface area contributed by atoms with Crippen LogP contribution < -0.4 is 10.6 Å². The lowest BCUT2D eigenvalue weighted by atomic mass is 9.98. The Bertz CT molecular complexity index is 406. The first-order valence-corrected chi connectivity index (χ1v) is 5.99. The molecule has 0 aromatic carbocycles. The molecule has 2 N–H and O–H groups in total. The van der Waals surface area contributed by atoms with Crippen LogP contribution in [0, 0.1) is 5.92 Å². The van der Waals surface area contributed by atoms with Gasteiger partial charge in [-0.3, -0.25) is 4.98 Å². The molecule has 0 bridgehead atoms. The minimum absolute atomic E-state index is 0.362. The molecule has 0 aliphatic carbocycles. The first-order valence-electron chi connectivity index (χ1n) is 5.99. The minimum Gasteiger partial charge on any atom is -0.371 e. The topological polar surface area (TPSA) is 42.1 Å². The van der Waals surface area contributed by atoms with Crippen LogP contribution in [0.1, 0.15) is 18.5 Å². The molecule has 1 aromatic rings. The monoisotopic (exact) mass is 259 g/mol. The fraction of sp³-hybridized carbons (Fsp3) is 0.583. The molecule has 1 atom stereocenters. The molecule has 0 saturated carbocycles. The standard InChI is InChI=1S/C12H16F3N3/c13-12(14,15)11-6-10(3-4-17-11)18-5-1-2-9(7-16)8-18/h3-4,6,9H,1-2,5,7-8,16H2. The summed E-state index contributed by atoms with van der Waals surface area (Å²) >= 11 is 0. The Labute approximate surface area is 104 Å². The second kappa shape index (κ2) is 5.14. The number of piperidine rings is 1. The van der Waals surface area contributed by atoms with Gasteiger partial charge in [-0.2, -0.15) is 13.2 Å². The van der Waals surface area contributed by atoms with E-state index in [1.165, 1.54) is 6.20 Å². The molecule has 1 aliphatic heterocycles. The SMILES string of the molecule is NCC1CCCN(c2ccnc(C(F)(F)F)c2)C1. The lowest BCUT2D eigenvalue weighted by Gasteiger charge is -2.34. The Morgan fingerprint density at radius 3 is 2.89 bits per heavy atom. The normalized spacial score (nSPS) is 21.1. The number of anilines is 1. The Balaban J connectivity index is 2.18. The van der Waals surface area contributed by atoms with Gasteiger partial charge in [0.15, 0.2) is 0 Å². The second-order valence-corrected chi connectivity index (χ2v) is 4.59. The van der Waals surface area contributed by atoms with Crippen LogP contribution in [0.3, 0.4) is 0 Å². The van der Waals surface area contributed by atoms with Crippen molar-refractivity contribution in [1.82, 2.24) is 4.98 Å². The number of pyridine rings is 1. The van der Waals surface area contributed by atoms with Gasteiger partial charge in [0.25, 0.3) is 0 Å². The third kappa shape index (κ3) is 2.93. The van der Waals surface area contributed by atoms with Crippen molar-refractivity contribution in [3.8, 4) is 0 Å². The molecular formula is C12H16F3N3. The molecule has 6 heteroatoms. The van der Waals surface area contributed by atoms with Gasteiger partial charge in [0.1, 0.15) is 5.69 Å². The summed E-state index contributed by atoms with van der Waals surface area (Å²) in [4.78, 5) is 5.32. The van der Waals surface area contributed by atoms with Crippen molar-refractivity contribution in [2.45, 2.75) is 19.0 Å². The molecule has 1 unspecified atom stereocenters. The van der Waals surface area contributed by atoms with E-state index in [0.717, 1.165) is 32.0 Å². The molecule has 1 aromatic heterocycles. The van der Waals surface area contributed by atoms with Crippen molar-refractivity contribution in [2.75, 3.05) is 24.5 Å². The molecule has 2 rings (SSSR count). The zero-order valence-electron chi connectivity index (χ0n) is 9.95. The largest absolute Gasteiger partial charge is 0.433 e. The third-order valence-electron chi connectivity index (χ3n) is 3.25. The molecule has 0 radical (unpaired) electrons. The zero-order valence-corrected chi connectivity index (χ0v) is 9.95. The van der Waals surface area contributed by atoms with Crippen molar-refractivity contribution in [1.29, 1.82) is 0 Å². The number of halogens is 3. The Morgan fingerprint density at radius 2 is 2.22 bits per heavy atom. The van der Waals surface area contributed by atoms with E-state index in [0.29, 0.717) is 18.2 Å². The van der Waals surface area contributed by atoms with Crippen LogP contribution >= 0.6 is 0 Å². The second-order valence-electron chi connectivity index (χ2n) is 4.59. The molecule has 18 heavy (non-hydrogen) atoms. The van der Waals surface area contributed by atoms with Crippen LogP contribution in [0.2, 0.25) is 0 Å². The highest BCUT2D eigenvalue weighted by Gasteiger charge is 2.33. The lowest BCUT2D eigenvalue weighted by Crippen LogP contribution is -2.38. The van der Waals surface area contributed by atoms with Crippen molar-refractivity contribution < 1.29 is 13.2 Å². The van der Waals surface area contributed by atoms with E-state index >= 15 is 0 Å². The zero-order chi connectivity index (χ0) is 13.2. The fourth-order valence-electron chi connectivity index (χ4n) is 2.26. The van der Waals surface area contributed by atoms with Crippen LogP contribution in [0.15, 0.2) is 18.3 Å². The summed E-state index contributed by atoms with van der Waals surface area (Å²) in [5, 5.41) is 0. The van der Waals surface area contributed by atoms with Crippen molar-refractivity contribution in [2.24, 2.45) is 11.7 Å². The van der Waals surface area contributed by atoms with Crippen LogP contribution in [0.25, 0.3) is 0 Å². The summed E-state index contributed by atoms with van der Waals surface area (Å²) in [5.41, 5.74) is 5.36. The average molecular weight is 259 g/mol. The highest BCUT2D eigenvalue weighted by molar-refractivity contribution is 5.47. The van der Waals surface area contributed by atoms with Crippen LogP contribution in [-0.4, -0.2) is 24.6 Å². The van der Waals surface area contributed by atoms with Crippen molar-refractivity contribution in [3.05, 3.63) is 24.0 Å². The molecular weight excluding hydrogens is 243 g/mol. The molecule has 1 aliphatic rings. The molecule has 100 valence electrons. The van der Waals surface area contributed by atoms with E-state index in [9.17, 15) is 13.2 Å². The average Bonchev–Trinajstić information content (AvgIpc) is 2.38. The summed E-state index contributed by atoms with van der Waals surface area (Å²) < 4.78 is 37.7. The highest BCUT2D eigenvalue weighted by Crippen LogP contribution is 2.31. The number of hydrogen-bond donors (Lipinski definition) is 1. The summed E-state index contributed by atoms with van der Waals surface area (Å²) in [7, 11) is 0. The number of alkyl halides is 3. The van der Waals surface area contributed by atoms with E-state index in [1.807, 2.05) is 4.90 Å². The van der Waals surface area contributed by atoms with Gasteiger partial charge < -0.3 is 10.6 Å². The summed E-state index contributed by atoms with van der Waals surface area (Å²) in [6.45, 7) is 2.07. The predicted octanol–water partition coefficient (Wildman–Crippen LogP) is 2.28. The Morgan fingerprint density at radius 1 is 1.44 bits per heavy atom. The summed E-state index contributed by atoms with van der Waals surface area (Å²) in [6.07, 6.45) is -1.17. The van der Waals surface area contributed by atoms with Gasteiger partial charge in [0.2, 0.25) is 0 Å². The Hall–Kier alpha value is -1.30. The van der Waals surface area contributed by atoms with Crippen molar-refractivity contribution in [3.63, 3.8) is 0 Å². The summed E-state index contributed by atoms with van der Waals surface area (Å²) in [6, 6.07) is 2.73. The van der Waals surface area contributed by atoms with E-state index in [-0.39, 0.29) is 0 Å². The van der Waals surface area contributed by atoms with Gasteiger partial charge in [0, 0.05) is 25.0 Å². The lowest BCUT2D eigenvalue weighted by molar-refractivity contribution is -0.141. The van der Waals surface area contributed by atoms with Gasteiger partial charge >= 0.3 is 6.18 Å². The van der Waals surface area contributed by atoms with Gasteiger partial charge in [-0.05, 0) is 37.4 Å². The maximum absolute atomic E-state index is 12.6. The molecule has 1 saturated heterocycles. The molecule has 1 fully saturated rings. The van der Waals surface area contributed by atoms with Gasteiger partial charge in [0.05, 0.1) is 0 Å². The Kier molecular flexibility index (Phi) is 3.75. The van der Waals surface area contributed by atoms with Crippen molar-refractivity contribution >= 4 is 5.69 Å². The third-order valence-corrected chi connectivity index (χ3v) is 3.25. The molecule has 0 amide bonds.